The summed E-state index contributed by atoms with van der Waals surface area (Å²) in [6.07, 6.45) is 9.93. The van der Waals surface area contributed by atoms with Gasteiger partial charge in [0.2, 0.25) is 0 Å². The van der Waals surface area contributed by atoms with Crippen LogP contribution in [0, 0.1) is 5.92 Å². The first-order chi connectivity index (χ1) is 8.88. The summed E-state index contributed by atoms with van der Waals surface area (Å²) in [7, 11) is 0. The van der Waals surface area contributed by atoms with E-state index in [9.17, 15) is 0 Å². The maximum absolute atomic E-state index is 4.24. The molecule has 3 rings (SSSR count). The highest BCUT2D eigenvalue weighted by atomic mass is 15.4. The van der Waals surface area contributed by atoms with E-state index in [4.69, 9.17) is 0 Å². The number of nitrogens with zero attached hydrogens (tertiary/aromatic N) is 3. The van der Waals surface area contributed by atoms with Crippen molar-refractivity contribution in [2.24, 2.45) is 5.92 Å². The largest absolute Gasteiger partial charge is 0.314 e. The van der Waals surface area contributed by atoms with Crippen molar-refractivity contribution in [1.82, 2.24) is 20.3 Å². The van der Waals surface area contributed by atoms with Crippen LogP contribution in [0.1, 0.15) is 57.1 Å². The van der Waals surface area contributed by atoms with Crippen molar-refractivity contribution < 1.29 is 0 Å². The van der Waals surface area contributed by atoms with Crippen LogP contribution in [0.15, 0.2) is 6.20 Å². The summed E-state index contributed by atoms with van der Waals surface area (Å²) >= 11 is 0. The third-order valence-corrected chi connectivity index (χ3v) is 4.37. The van der Waals surface area contributed by atoms with Crippen LogP contribution < -0.4 is 5.32 Å². The van der Waals surface area contributed by atoms with E-state index < -0.39 is 0 Å². The Bertz CT molecular complexity index is 383. The molecule has 1 N–H and O–H groups in total. The van der Waals surface area contributed by atoms with Gasteiger partial charge in [0, 0.05) is 18.5 Å². The molecule has 2 aliphatic rings. The lowest BCUT2D eigenvalue weighted by atomic mass is 9.93. The number of nitrogens with one attached hydrogen (secondary N) is 1. The van der Waals surface area contributed by atoms with Crippen LogP contribution in [-0.4, -0.2) is 27.6 Å². The Hall–Kier alpha value is -0.900. The fourth-order valence-electron chi connectivity index (χ4n) is 3.21. The molecule has 0 aliphatic heterocycles. The smallest absolute Gasteiger partial charge is 0.0728 e. The number of hydrogen-bond donors (Lipinski definition) is 1. The lowest BCUT2D eigenvalue weighted by Gasteiger charge is -2.20. The van der Waals surface area contributed by atoms with Crippen LogP contribution in [0.2, 0.25) is 0 Å². The molecule has 2 atom stereocenters. The summed E-state index contributed by atoms with van der Waals surface area (Å²) in [6.45, 7) is 4.40. The van der Waals surface area contributed by atoms with E-state index in [2.05, 4.69) is 27.2 Å². The van der Waals surface area contributed by atoms with Crippen LogP contribution in [-0.2, 0) is 6.54 Å². The van der Waals surface area contributed by atoms with Gasteiger partial charge in [-0.2, -0.15) is 0 Å². The lowest BCUT2D eigenvalue weighted by Crippen LogP contribution is -2.27. The molecule has 18 heavy (non-hydrogen) atoms. The van der Waals surface area contributed by atoms with Crippen molar-refractivity contribution in [3.63, 3.8) is 0 Å². The van der Waals surface area contributed by atoms with Gasteiger partial charge in [0.1, 0.15) is 0 Å². The van der Waals surface area contributed by atoms with E-state index in [1.165, 1.54) is 44.3 Å². The Morgan fingerprint density at radius 1 is 1.33 bits per heavy atom. The molecule has 1 heterocycles. The zero-order valence-corrected chi connectivity index (χ0v) is 11.3. The third-order valence-electron chi connectivity index (χ3n) is 4.37. The van der Waals surface area contributed by atoms with Gasteiger partial charge in [-0.3, -0.25) is 0 Å². The second-order valence-electron chi connectivity index (χ2n) is 5.86. The summed E-state index contributed by atoms with van der Waals surface area (Å²) in [5.41, 5.74) is 1.37. The fraction of sp³-hybridized carbons (Fsp3) is 0.857. The first-order valence-electron chi connectivity index (χ1n) is 7.50. The number of aryl methyl sites for hydroxylation is 1. The molecular weight excluding hydrogens is 224 g/mol. The van der Waals surface area contributed by atoms with Crippen LogP contribution in [0.3, 0.4) is 0 Å². The molecule has 4 heteroatoms. The zero-order valence-electron chi connectivity index (χ0n) is 11.3. The minimum Gasteiger partial charge on any atom is -0.314 e. The molecule has 2 fully saturated rings. The van der Waals surface area contributed by atoms with Gasteiger partial charge in [0.15, 0.2) is 0 Å². The van der Waals surface area contributed by atoms with Gasteiger partial charge in [0.25, 0.3) is 0 Å². The molecule has 4 nitrogen and oxygen atoms in total. The van der Waals surface area contributed by atoms with E-state index >= 15 is 0 Å². The fourth-order valence-corrected chi connectivity index (χ4v) is 3.21. The highest BCUT2D eigenvalue weighted by Gasteiger charge is 2.32. The predicted molar refractivity (Wildman–Crippen MR) is 71.4 cm³/mol. The molecule has 2 saturated carbocycles. The van der Waals surface area contributed by atoms with E-state index in [-0.39, 0.29) is 0 Å². The molecule has 100 valence electrons. The molecule has 1 aromatic heterocycles. The van der Waals surface area contributed by atoms with Crippen LogP contribution in [0.5, 0.6) is 0 Å². The van der Waals surface area contributed by atoms with Gasteiger partial charge in [-0.25, -0.2) is 4.68 Å². The monoisotopic (exact) mass is 248 g/mol. The van der Waals surface area contributed by atoms with Crippen molar-refractivity contribution in [1.29, 1.82) is 0 Å². The van der Waals surface area contributed by atoms with Gasteiger partial charge in [0.05, 0.1) is 11.9 Å². The quantitative estimate of drug-likeness (QED) is 0.840. The summed E-state index contributed by atoms with van der Waals surface area (Å²) in [5, 5.41) is 12.1. The van der Waals surface area contributed by atoms with Gasteiger partial charge in [-0.15, -0.1) is 5.10 Å². The van der Waals surface area contributed by atoms with Crippen LogP contribution >= 0.6 is 0 Å². The summed E-state index contributed by atoms with van der Waals surface area (Å²) < 4.78 is 2.13. The van der Waals surface area contributed by atoms with Crippen LogP contribution in [0.4, 0.5) is 0 Å². The first-order valence-corrected chi connectivity index (χ1v) is 7.50. The normalized spacial score (nSPS) is 27.8. The van der Waals surface area contributed by atoms with E-state index in [0.29, 0.717) is 5.92 Å². The molecule has 0 saturated heterocycles. The minimum atomic E-state index is 0.679. The summed E-state index contributed by atoms with van der Waals surface area (Å²) in [6, 6.07) is 0.824. The number of hydrogen-bond acceptors (Lipinski definition) is 3. The van der Waals surface area contributed by atoms with Crippen molar-refractivity contribution >= 4 is 0 Å². The third kappa shape index (κ3) is 2.58. The maximum Gasteiger partial charge on any atom is 0.0728 e. The van der Waals surface area contributed by atoms with E-state index in [1.54, 1.807) is 0 Å². The van der Waals surface area contributed by atoms with Crippen molar-refractivity contribution in [3.8, 4) is 0 Å². The van der Waals surface area contributed by atoms with Gasteiger partial charge < -0.3 is 5.32 Å². The molecule has 0 bridgehead atoms. The Labute approximate surface area is 109 Å². The second kappa shape index (κ2) is 5.39. The Morgan fingerprint density at radius 3 is 3.00 bits per heavy atom. The molecular formula is C14H24N4. The molecule has 1 aromatic rings. The molecule has 2 aliphatic carbocycles. The van der Waals surface area contributed by atoms with E-state index in [1.807, 2.05) is 6.20 Å². The molecule has 0 radical (unpaired) electrons. The standard InChI is InChI=1S/C14H24N4/c1-2-8-18-14(10-16-17-18)13-5-3-4-11(13)9-15-12-6-7-12/h10-13,15H,2-9H2,1H3. The molecule has 2 unspecified atom stereocenters. The topological polar surface area (TPSA) is 42.7 Å². The summed E-state index contributed by atoms with van der Waals surface area (Å²) in [4.78, 5) is 0. The number of aromatic nitrogens is 3. The Kier molecular flexibility index (Phi) is 3.64. The Morgan fingerprint density at radius 2 is 2.22 bits per heavy atom. The lowest BCUT2D eigenvalue weighted by molar-refractivity contribution is 0.415. The Balaban J connectivity index is 1.66. The molecule has 0 spiro atoms. The minimum absolute atomic E-state index is 0.679. The predicted octanol–water partition coefficient (Wildman–Crippen LogP) is 2.32. The number of rotatable bonds is 6. The average molecular weight is 248 g/mol. The van der Waals surface area contributed by atoms with Crippen molar-refractivity contribution in [2.45, 2.75) is 64.0 Å². The molecule has 0 aromatic carbocycles. The first kappa shape index (κ1) is 12.2. The van der Waals surface area contributed by atoms with Crippen molar-refractivity contribution in [2.75, 3.05) is 6.54 Å². The van der Waals surface area contributed by atoms with Gasteiger partial charge in [-0.05, 0) is 44.6 Å². The van der Waals surface area contributed by atoms with Gasteiger partial charge in [-0.1, -0.05) is 18.6 Å². The summed E-state index contributed by atoms with van der Waals surface area (Å²) in [5.74, 6) is 1.47. The highest BCUT2D eigenvalue weighted by molar-refractivity contribution is 5.08. The highest BCUT2D eigenvalue weighted by Crippen LogP contribution is 2.39. The average Bonchev–Trinajstić information content (AvgIpc) is 2.90. The van der Waals surface area contributed by atoms with Crippen LogP contribution in [0.25, 0.3) is 0 Å². The maximum atomic E-state index is 4.24. The van der Waals surface area contributed by atoms with Gasteiger partial charge >= 0.3 is 0 Å². The van der Waals surface area contributed by atoms with E-state index in [0.717, 1.165) is 24.9 Å². The SMILES string of the molecule is CCCn1nncc1C1CCCC1CNC1CC1. The zero-order chi connectivity index (χ0) is 12.4. The van der Waals surface area contributed by atoms with Crippen molar-refractivity contribution in [3.05, 3.63) is 11.9 Å². The molecule has 0 amide bonds. The second-order valence-corrected chi connectivity index (χ2v) is 5.86.